The zero-order valence-corrected chi connectivity index (χ0v) is 15.1. The maximum absolute atomic E-state index is 8.84. The molecule has 1 atom stereocenters. The van der Waals surface area contributed by atoms with Crippen molar-refractivity contribution in [3.63, 3.8) is 0 Å². The number of aliphatic hydroxyl groups is 1. The third kappa shape index (κ3) is 14.3. The first-order chi connectivity index (χ1) is 9.35. The van der Waals surface area contributed by atoms with Gasteiger partial charge in [0, 0.05) is 21.3 Å². The molecule has 0 aliphatic carbocycles. The minimum atomic E-state index is -0.984. The Hall–Kier alpha value is -0.163. The van der Waals surface area contributed by atoms with E-state index in [2.05, 4.69) is 39.6 Å². The van der Waals surface area contributed by atoms with Crippen molar-refractivity contribution in [3.8, 4) is 0 Å². The first-order valence-corrected chi connectivity index (χ1v) is 11.5. The van der Waals surface area contributed by atoms with E-state index in [9.17, 15) is 0 Å². The first kappa shape index (κ1) is 19.8. The van der Waals surface area contributed by atoms with Gasteiger partial charge in [0.15, 0.2) is 0 Å². The number of ether oxygens (including phenoxy) is 2. The lowest BCUT2D eigenvalue weighted by atomic mass is 10.0. The second kappa shape index (κ2) is 11.5. The zero-order valence-electron chi connectivity index (χ0n) is 14.1. The van der Waals surface area contributed by atoms with Crippen molar-refractivity contribution in [2.24, 2.45) is 5.92 Å². The molecule has 0 bridgehead atoms. The molecular weight excluding hydrogens is 268 g/mol. The molecule has 120 valence electrons. The van der Waals surface area contributed by atoms with Gasteiger partial charge >= 0.3 is 0 Å². The van der Waals surface area contributed by atoms with Gasteiger partial charge in [-0.3, -0.25) is 0 Å². The van der Waals surface area contributed by atoms with Crippen LogP contribution < -0.4 is 0 Å². The summed E-state index contributed by atoms with van der Waals surface area (Å²) in [5.74, 6) is 0.592. The lowest BCUT2D eigenvalue weighted by molar-refractivity contribution is -0.0413. The van der Waals surface area contributed by atoms with E-state index in [-0.39, 0.29) is 0 Å². The SMILES string of the molecule is C/C(=C\CC[C@H](C)CCO)COCOCC[Si](C)(C)C. The summed E-state index contributed by atoms with van der Waals surface area (Å²) in [4.78, 5) is 0. The summed E-state index contributed by atoms with van der Waals surface area (Å²) in [6.45, 7) is 13.5. The van der Waals surface area contributed by atoms with E-state index in [1.54, 1.807) is 0 Å². The molecule has 0 saturated carbocycles. The Morgan fingerprint density at radius 1 is 1.20 bits per heavy atom. The largest absolute Gasteiger partial charge is 0.396 e. The quantitative estimate of drug-likeness (QED) is 0.256. The van der Waals surface area contributed by atoms with E-state index >= 15 is 0 Å². The number of hydrogen-bond donors (Lipinski definition) is 1. The van der Waals surface area contributed by atoms with Gasteiger partial charge in [-0.2, -0.15) is 0 Å². The highest BCUT2D eigenvalue weighted by atomic mass is 28.3. The smallest absolute Gasteiger partial charge is 0.147 e. The van der Waals surface area contributed by atoms with Crippen LogP contribution in [-0.2, 0) is 9.47 Å². The van der Waals surface area contributed by atoms with Crippen LogP contribution in [0.5, 0.6) is 0 Å². The molecule has 20 heavy (non-hydrogen) atoms. The third-order valence-electron chi connectivity index (χ3n) is 3.27. The minimum Gasteiger partial charge on any atom is -0.396 e. The summed E-state index contributed by atoms with van der Waals surface area (Å²) in [5, 5.41) is 8.84. The molecule has 0 aliphatic heterocycles. The summed E-state index contributed by atoms with van der Waals surface area (Å²) < 4.78 is 11.0. The van der Waals surface area contributed by atoms with E-state index in [1.807, 2.05) is 0 Å². The van der Waals surface area contributed by atoms with Crippen molar-refractivity contribution in [2.75, 3.05) is 26.6 Å². The average molecular weight is 303 g/mol. The van der Waals surface area contributed by atoms with Crippen molar-refractivity contribution in [1.29, 1.82) is 0 Å². The van der Waals surface area contributed by atoms with Gasteiger partial charge < -0.3 is 14.6 Å². The number of aliphatic hydroxyl groups excluding tert-OH is 1. The van der Waals surface area contributed by atoms with Crippen molar-refractivity contribution in [2.45, 2.75) is 58.8 Å². The molecule has 0 rings (SSSR count). The predicted octanol–water partition coefficient (Wildman–Crippen LogP) is 4.06. The lowest BCUT2D eigenvalue weighted by Crippen LogP contribution is -2.22. The highest BCUT2D eigenvalue weighted by molar-refractivity contribution is 6.76. The Balaban J connectivity index is 3.50. The van der Waals surface area contributed by atoms with Crippen molar-refractivity contribution in [3.05, 3.63) is 11.6 Å². The van der Waals surface area contributed by atoms with E-state index in [4.69, 9.17) is 14.6 Å². The van der Waals surface area contributed by atoms with Gasteiger partial charge in [-0.15, -0.1) is 0 Å². The van der Waals surface area contributed by atoms with Gasteiger partial charge in [0.2, 0.25) is 0 Å². The van der Waals surface area contributed by atoms with Gasteiger partial charge in [-0.1, -0.05) is 38.2 Å². The fourth-order valence-electron chi connectivity index (χ4n) is 1.74. The Kier molecular flexibility index (Phi) is 11.4. The normalized spacial score (nSPS) is 14.6. The maximum atomic E-state index is 8.84. The topological polar surface area (TPSA) is 38.7 Å². The average Bonchev–Trinajstić information content (AvgIpc) is 2.32. The molecule has 0 aliphatic rings. The maximum Gasteiger partial charge on any atom is 0.147 e. The van der Waals surface area contributed by atoms with Crippen LogP contribution in [0.1, 0.15) is 33.1 Å². The Labute approximate surface area is 126 Å². The standard InChI is InChI=1S/C16H34O3Si/c1-15(9-10-17)7-6-8-16(2)13-19-14-18-11-12-20(3,4)5/h8,15,17H,6-7,9-14H2,1-5H3/b16-8+/t15-/m0/s1. The van der Waals surface area contributed by atoms with Crippen LogP contribution in [0.2, 0.25) is 25.7 Å². The molecule has 0 aromatic heterocycles. The van der Waals surface area contributed by atoms with Gasteiger partial charge in [0.1, 0.15) is 6.79 Å². The van der Waals surface area contributed by atoms with Gasteiger partial charge in [-0.25, -0.2) is 0 Å². The molecular formula is C16H34O3Si. The van der Waals surface area contributed by atoms with E-state index < -0.39 is 8.07 Å². The fourth-order valence-corrected chi connectivity index (χ4v) is 2.49. The second-order valence-corrected chi connectivity index (χ2v) is 12.6. The Morgan fingerprint density at radius 3 is 2.50 bits per heavy atom. The first-order valence-electron chi connectivity index (χ1n) is 7.77. The zero-order chi connectivity index (χ0) is 15.4. The second-order valence-electron chi connectivity index (χ2n) is 6.93. The third-order valence-corrected chi connectivity index (χ3v) is 4.97. The summed E-state index contributed by atoms with van der Waals surface area (Å²) in [6, 6.07) is 1.19. The van der Waals surface area contributed by atoms with Crippen LogP contribution in [0.25, 0.3) is 0 Å². The van der Waals surface area contributed by atoms with Crippen LogP contribution in [0, 0.1) is 5.92 Å². The van der Waals surface area contributed by atoms with Gasteiger partial charge in [0.25, 0.3) is 0 Å². The van der Waals surface area contributed by atoms with Crippen LogP contribution in [0.3, 0.4) is 0 Å². The van der Waals surface area contributed by atoms with Crippen LogP contribution >= 0.6 is 0 Å². The molecule has 4 heteroatoms. The fraction of sp³-hybridized carbons (Fsp3) is 0.875. The number of hydrogen-bond acceptors (Lipinski definition) is 3. The Morgan fingerprint density at radius 2 is 1.90 bits per heavy atom. The monoisotopic (exact) mass is 302 g/mol. The molecule has 0 aromatic rings. The molecule has 0 amide bonds. The molecule has 0 heterocycles. The van der Waals surface area contributed by atoms with E-state index in [1.165, 1.54) is 11.6 Å². The van der Waals surface area contributed by atoms with Crippen LogP contribution in [0.15, 0.2) is 11.6 Å². The molecule has 0 aromatic carbocycles. The highest BCUT2D eigenvalue weighted by Crippen LogP contribution is 2.11. The number of rotatable bonds is 12. The van der Waals surface area contributed by atoms with E-state index in [0.29, 0.717) is 25.9 Å². The summed E-state index contributed by atoms with van der Waals surface area (Å²) >= 11 is 0. The molecule has 3 nitrogen and oxygen atoms in total. The predicted molar refractivity (Wildman–Crippen MR) is 88.8 cm³/mol. The van der Waals surface area contributed by atoms with Crippen LogP contribution in [-0.4, -0.2) is 39.8 Å². The van der Waals surface area contributed by atoms with E-state index in [0.717, 1.165) is 25.9 Å². The van der Waals surface area contributed by atoms with Gasteiger partial charge in [0.05, 0.1) is 6.61 Å². The minimum absolute atomic E-state index is 0.293. The van der Waals surface area contributed by atoms with Crippen molar-refractivity contribution < 1.29 is 14.6 Å². The Bertz CT molecular complexity index is 259. The van der Waals surface area contributed by atoms with Crippen molar-refractivity contribution >= 4 is 8.07 Å². The van der Waals surface area contributed by atoms with Gasteiger partial charge in [-0.05, 0) is 38.1 Å². The molecule has 0 unspecified atom stereocenters. The molecule has 0 saturated heterocycles. The molecule has 0 fully saturated rings. The summed E-state index contributed by atoms with van der Waals surface area (Å²) in [6.07, 6.45) is 5.32. The molecule has 1 N–H and O–H groups in total. The summed E-state index contributed by atoms with van der Waals surface area (Å²) in [7, 11) is -0.984. The number of allylic oxidation sites excluding steroid dienone is 1. The molecule has 0 spiro atoms. The van der Waals surface area contributed by atoms with Crippen LogP contribution in [0.4, 0.5) is 0 Å². The van der Waals surface area contributed by atoms with Crippen molar-refractivity contribution in [1.82, 2.24) is 0 Å². The highest BCUT2D eigenvalue weighted by Gasteiger charge is 2.11. The summed E-state index contributed by atoms with van der Waals surface area (Å²) in [5.41, 5.74) is 1.26. The lowest BCUT2D eigenvalue weighted by Gasteiger charge is -2.15. The molecule has 0 radical (unpaired) electrons.